The third kappa shape index (κ3) is 8.19. The van der Waals surface area contributed by atoms with Gasteiger partial charge in [0.15, 0.2) is 0 Å². The molecule has 0 aromatic heterocycles. The summed E-state index contributed by atoms with van der Waals surface area (Å²) in [6.45, 7) is 3.25. The number of carbonyl (C=O) groups is 2. The van der Waals surface area contributed by atoms with E-state index in [1.54, 1.807) is 0 Å². The van der Waals surface area contributed by atoms with Crippen LogP contribution in [0.1, 0.15) is 13.3 Å². The minimum Gasteiger partial charge on any atom is -0.480 e. The van der Waals surface area contributed by atoms with E-state index in [1.165, 1.54) is 6.92 Å². The van der Waals surface area contributed by atoms with E-state index < -0.39 is 12.0 Å². The number of nitrogens with one attached hydrogen (secondary N) is 2. The molecule has 0 aromatic carbocycles. The highest BCUT2D eigenvalue weighted by Gasteiger charge is 2.17. The van der Waals surface area contributed by atoms with Crippen LogP contribution in [0.2, 0.25) is 0 Å². The van der Waals surface area contributed by atoms with Gasteiger partial charge in [0.1, 0.15) is 6.04 Å². The highest BCUT2D eigenvalue weighted by molar-refractivity contribution is 5.82. The molecular weight excluding hydrogens is 210 g/mol. The van der Waals surface area contributed by atoms with Crippen molar-refractivity contribution in [2.75, 3.05) is 33.7 Å². The lowest BCUT2D eigenvalue weighted by Crippen LogP contribution is -2.46. The Morgan fingerprint density at radius 2 is 2.00 bits per heavy atom. The van der Waals surface area contributed by atoms with Gasteiger partial charge in [-0.2, -0.15) is 0 Å². The second kappa shape index (κ2) is 8.06. The molecule has 94 valence electrons. The first-order chi connectivity index (χ1) is 7.43. The number of carboxylic acids is 1. The average molecular weight is 231 g/mol. The highest BCUT2D eigenvalue weighted by Crippen LogP contribution is 1.85. The van der Waals surface area contributed by atoms with Crippen LogP contribution >= 0.6 is 0 Å². The van der Waals surface area contributed by atoms with E-state index in [-0.39, 0.29) is 12.5 Å². The summed E-state index contributed by atoms with van der Waals surface area (Å²) < 4.78 is 0. The van der Waals surface area contributed by atoms with Gasteiger partial charge in [0.05, 0.1) is 0 Å². The summed E-state index contributed by atoms with van der Waals surface area (Å²) in [6.07, 6.45) is 0.944. The highest BCUT2D eigenvalue weighted by atomic mass is 16.4. The summed E-state index contributed by atoms with van der Waals surface area (Å²) in [5.41, 5.74) is 0. The maximum Gasteiger partial charge on any atom is 0.327 e. The molecule has 0 aliphatic carbocycles. The van der Waals surface area contributed by atoms with Crippen molar-refractivity contribution in [1.29, 1.82) is 0 Å². The smallest absolute Gasteiger partial charge is 0.327 e. The van der Waals surface area contributed by atoms with Crippen molar-refractivity contribution in [3.05, 3.63) is 0 Å². The zero-order valence-corrected chi connectivity index (χ0v) is 10.1. The molecule has 1 unspecified atom stereocenters. The first-order valence-corrected chi connectivity index (χ1v) is 5.29. The SMILES string of the molecule is CC(=O)NC(CNCCCN(C)C)C(=O)O. The zero-order chi connectivity index (χ0) is 12.6. The second-order valence-corrected chi connectivity index (χ2v) is 3.95. The van der Waals surface area contributed by atoms with Gasteiger partial charge in [-0.15, -0.1) is 0 Å². The van der Waals surface area contributed by atoms with Gasteiger partial charge < -0.3 is 20.6 Å². The van der Waals surface area contributed by atoms with Gasteiger partial charge in [-0.05, 0) is 33.6 Å². The van der Waals surface area contributed by atoms with Crippen molar-refractivity contribution in [1.82, 2.24) is 15.5 Å². The number of rotatable bonds is 8. The van der Waals surface area contributed by atoms with Crippen molar-refractivity contribution in [2.24, 2.45) is 0 Å². The standard InChI is InChI=1S/C10H21N3O3/c1-8(14)12-9(10(15)16)7-11-5-4-6-13(2)3/h9,11H,4-7H2,1-3H3,(H,12,14)(H,15,16). The minimum absolute atomic E-state index is 0.252. The van der Waals surface area contributed by atoms with Gasteiger partial charge in [0.25, 0.3) is 0 Å². The molecule has 1 atom stereocenters. The molecule has 0 radical (unpaired) electrons. The molecule has 0 aromatic rings. The Labute approximate surface area is 96.0 Å². The van der Waals surface area contributed by atoms with Gasteiger partial charge in [-0.1, -0.05) is 0 Å². The first kappa shape index (κ1) is 14.9. The Morgan fingerprint density at radius 1 is 1.38 bits per heavy atom. The fraction of sp³-hybridized carbons (Fsp3) is 0.800. The molecule has 0 aliphatic rings. The van der Waals surface area contributed by atoms with Crippen LogP contribution in [-0.2, 0) is 9.59 Å². The van der Waals surface area contributed by atoms with Gasteiger partial charge in [-0.3, -0.25) is 4.79 Å². The molecule has 0 heterocycles. The molecule has 6 nitrogen and oxygen atoms in total. The summed E-state index contributed by atoms with van der Waals surface area (Å²) >= 11 is 0. The molecule has 0 saturated carbocycles. The Balaban J connectivity index is 3.69. The summed E-state index contributed by atoms with van der Waals surface area (Å²) in [5, 5.41) is 14.2. The van der Waals surface area contributed by atoms with Crippen molar-refractivity contribution < 1.29 is 14.7 Å². The van der Waals surface area contributed by atoms with E-state index in [4.69, 9.17) is 5.11 Å². The zero-order valence-electron chi connectivity index (χ0n) is 10.1. The van der Waals surface area contributed by atoms with Crippen LogP contribution in [0.4, 0.5) is 0 Å². The van der Waals surface area contributed by atoms with E-state index >= 15 is 0 Å². The van der Waals surface area contributed by atoms with E-state index in [1.807, 2.05) is 14.1 Å². The molecule has 0 fully saturated rings. The van der Waals surface area contributed by atoms with Gasteiger partial charge in [0.2, 0.25) is 5.91 Å². The van der Waals surface area contributed by atoms with E-state index in [2.05, 4.69) is 15.5 Å². The number of carbonyl (C=O) groups excluding carboxylic acids is 1. The predicted molar refractivity (Wildman–Crippen MR) is 61.3 cm³/mol. The fourth-order valence-electron chi connectivity index (χ4n) is 1.21. The Bertz CT molecular complexity index is 231. The maximum absolute atomic E-state index is 10.7. The van der Waals surface area contributed by atoms with Crippen molar-refractivity contribution >= 4 is 11.9 Å². The van der Waals surface area contributed by atoms with E-state index in [0.717, 1.165) is 19.5 Å². The quantitative estimate of drug-likeness (QED) is 0.472. The third-order valence-electron chi connectivity index (χ3n) is 1.98. The van der Waals surface area contributed by atoms with Crippen LogP contribution < -0.4 is 10.6 Å². The lowest BCUT2D eigenvalue weighted by molar-refractivity contribution is -0.141. The minimum atomic E-state index is -1.02. The van der Waals surface area contributed by atoms with Crippen LogP contribution in [0.3, 0.4) is 0 Å². The number of nitrogens with zero attached hydrogens (tertiary/aromatic N) is 1. The van der Waals surface area contributed by atoms with Crippen LogP contribution in [-0.4, -0.2) is 61.7 Å². The molecule has 1 amide bonds. The average Bonchev–Trinajstić information content (AvgIpc) is 2.14. The molecule has 0 saturated heterocycles. The lowest BCUT2D eigenvalue weighted by atomic mass is 10.3. The van der Waals surface area contributed by atoms with Gasteiger partial charge >= 0.3 is 5.97 Å². The molecule has 16 heavy (non-hydrogen) atoms. The summed E-state index contributed by atoms with van der Waals surface area (Å²) in [7, 11) is 3.97. The van der Waals surface area contributed by atoms with Crippen LogP contribution in [0.25, 0.3) is 0 Å². The Kier molecular flexibility index (Phi) is 7.49. The molecule has 0 rings (SSSR count). The molecule has 0 bridgehead atoms. The predicted octanol–water partition coefficient (Wildman–Crippen LogP) is -0.883. The Morgan fingerprint density at radius 3 is 2.44 bits per heavy atom. The maximum atomic E-state index is 10.7. The second-order valence-electron chi connectivity index (χ2n) is 3.95. The monoisotopic (exact) mass is 231 g/mol. The topological polar surface area (TPSA) is 81.7 Å². The van der Waals surface area contributed by atoms with Crippen LogP contribution in [0, 0.1) is 0 Å². The summed E-state index contributed by atoms with van der Waals surface area (Å²) in [4.78, 5) is 23.5. The molecule has 3 N–H and O–H groups in total. The van der Waals surface area contributed by atoms with E-state index in [0.29, 0.717) is 0 Å². The largest absolute Gasteiger partial charge is 0.480 e. The molecule has 0 spiro atoms. The number of amides is 1. The number of hydrogen-bond acceptors (Lipinski definition) is 4. The van der Waals surface area contributed by atoms with Crippen LogP contribution in [0.15, 0.2) is 0 Å². The normalized spacial score (nSPS) is 12.5. The van der Waals surface area contributed by atoms with Crippen molar-refractivity contribution in [2.45, 2.75) is 19.4 Å². The molecular formula is C10H21N3O3. The third-order valence-corrected chi connectivity index (χ3v) is 1.98. The number of carboxylic acid groups (broad SMARTS) is 1. The summed E-state index contributed by atoms with van der Waals surface area (Å²) in [5.74, 6) is -1.35. The molecule has 6 heteroatoms. The fourth-order valence-corrected chi connectivity index (χ4v) is 1.21. The lowest BCUT2D eigenvalue weighted by Gasteiger charge is -2.14. The number of hydrogen-bond donors (Lipinski definition) is 3. The van der Waals surface area contributed by atoms with Crippen LogP contribution in [0.5, 0.6) is 0 Å². The van der Waals surface area contributed by atoms with Crippen molar-refractivity contribution in [3.8, 4) is 0 Å². The van der Waals surface area contributed by atoms with Gasteiger partial charge in [-0.25, -0.2) is 4.79 Å². The van der Waals surface area contributed by atoms with Gasteiger partial charge in [0, 0.05) is 13.5 Å². The number of aliphatic carboxylic acids is 1. The Hall–Kier alpha value is -1.14. The van der Waals surface area contributed by atoms with Crippen molar-refractivity contribution in [3.63, 3.8) is 0 Å². The summed E-state index contributed by atoms with van der Waals surface area (Å²) in [6, 6.07) is -0.850. The first-order valence-electron chi connectivity index (χ1n) is 5.29. The molecule has 0 aliphatic heterocycles. The van der Waals surface area contributed by atoms with E-state index in [9.17, 15) is 9.59 Å².